The summed E-state index contributed by atoms with van der Waals surface area (Å²) in [5, 5.41) is 2.91. The van der Waals surface area contributed by atoms with Gasteiger partial charge in [-0.15, -0.1) is 0 Å². The van der Waals surface area contributed by atoms with Gasteiger partial charge in [-0.25, -0.2) is 0 Å². The largest absolute Gasteiger partial charge is 0.461 e. The van der Waals surface area contributed by atoms with Crippen LogP contribution in [0.4, 0.5) is 0 Å². The Kier molecular flexibility index (Phi) is 4.99. The van der Waals surface area contributed by atoms with Gasteiger partial charge < -0.3 is 10.1 Å². The molecule has 0 fully saturated rings. The zero-order chi connectivity index (χ0) is 12.0. The first-order valence-corrected chi connectivity index (χ1v) is 5.50. The van der Waals surface area contributed by atoms with Crippen molar-refractivity contribution in [2.45, 2.75) is 26.9 Å². The Balaban J connectivity index is 2.45. The Hall–Kier alpha value is -1.35. The molecular formula is C13H19NO2. The second-order valence-corrected chi connectivity index (χ2v) is 3.94. The standard InChI is InChI=1S/C13H19NO2/c1-10-4-5-12(11(2)8-10)9-16-13(15)6-7-14-3/h4-5,8,14H,6-7,9H2,1-3H3. The number of rotatable bonds is 5. The molecule has 1 N–H and O–H groups in total. The van der Waals surface area contributed by atoms with Crippen molar-refractivity contribution >= 4 is 5.97 Å². The molecule has 0 radical (unpaired) electrons. The minimum Gasteiger partial charge on any atom is -0.461 e. The van der Waals surface area contributed by atoms with E-state index in [1.165, 1.54) is 11.1 Å². The molecule has 1 aromatic rings. The Morgan fingerprint density at radius 2 is 2.12 bits per heavy atom. The lowest BCUT2D eigenvalue weighted by Crippen LogP contribution is -2.15. The number of aryl methyl sites for hydroxylation is 2. The van der Waals surface area contributed by atoms with Crippen molar-refractivity contribution < 1.29 is 9.53 Å². The van der Waals surface area contributed by atoms with E-state index in [9.17, 15) is 4.79 Å². The summed E-state index contributed by atoms with van der Waals surface area (Å²) in [7, 11) is 1.82. The molecule has 1 aromatic carbocycles. The molecule has 3 heteroatoms. The van der Waals surface area contributed by atoms with E-state index >= 15 is 0 Å². The maximum Gasteiger partial charge on any atom is 0.307 e. The van der Waals surface area contributed by atoms with Gasteiger partial charge in [0.05, 0.1) is 6.42 Å². The molecule has 1 rings (SSSR count). The van der Waals surface area contributed by atoms with E-state index in [2.05, 4.69) is 18.3 Å². The maximum atomic E-state index is 11.3. The highest BCUT2D eigenvalue weighted by molar-refractivity contribution is 5.69. The summed E-state index contributed by atoms with van der Waals surface area (Å²) in [6, 6.07) is 6.14. The summed E-state index contributed by atoms with van der Waals surface area (Å²) < 4.78 is 5.17. The van der Waals surface area contributed by atoms with Gasteiger partial charge in [-0.05, 0) is 32.0 Å². The SMILES string of the molecule is CNCCC(=O)OCc1ccc(C)cc1C. The normalized spacial score (nSPS) is 10.2. The van der Waals surface area contributed by atoms with Crippen LogP contribution in [0.1, 0.15) is 23.1 Å². The summed E-state index contributed by atoms with van der Waals surface area (Å²) in [4.78, 5) is 11.3. The lowest BCUT2D eigenvalue weighted by atomic mass is 10.1. The Bertz CT molecular complexity index is 361. The highest BCUT2D eigenvalue weighted by atomic mass is 16.5. The van der Waals surface area contributed by atoms with Crippen LogP contribution >= 0.6 is 0 Å². The third-order valence-corrected chi connectivity index (χ3v) is 2.47. The van der Waals surface area contributed by atoms with Crippen LogP contribution in [-0.2, 0) is 16.1 Å². The zero-order valence-corrected chi connectivity index (χ0v) is 10.2. The smallest absolute Gasteiger partial charge is 0.307 e. The zero-order valence-electron chi connectivity index (χ0n) is 10.2. The molecule has 0 amide bonds. The summed E-state index contributed by atoms with van der Waals surface area (Å²) >= 11 is 0. The molecule has 0 atom stereocenters. The van der Waals surface area contributed by atoms with E-state index in [-0.39, 0.29) is 5.97 Å². The molecule has 0 spiro atoms. The second kappa shape index (κ2) is 6.28. The van der Waals surface area contributed by atoms with E-state index < -0.39 is 0 Å². The number of hydrogen-bond acceptors (Lipinski definition) is 3. The van der Waals surface area contributed by atoms with Crippen LogP contribution in [0.25, 0.3) is 0 Å². The predicted molar refractivity (Wildman–Crippen MR) is 64.3 cm³/mol. The Morgan fingerprint density at radius 1 is 1.38 bits per heavy atom. The molecule has 0 unspecified atom stereocenters. The molecular weight excluding hydrogens is 202 g/mol. The van der Waals surface area contributed by atoms with Gasteiger partial charge in [0.15, 0.2) is 0 Å². The number of hydrogen-bond donors (Lipinski definition) is 1. The fourth-order valence-electron chi connectivity index (χ4n) is 1.47. The van der Waals surface area contributed by atoms with Crippen LogP contribution in [0.5, 0.6) is 0 Å². The van der Waals surface area contributed by atoms with Gasteiger partial charge in [0.2, 0.25) is 0 Å². The summed E-state index contributed by atoms with van der Waals surface area (Å²) in [5.74, 6) is -0.158. The van der Waals surface area contributed by atoms with Gasteiger partial charge in [0.25, 0.3) is 0 Å². The maximum absolute atomic E-state index is 11.3. The lowest BCUT2D eigenvalue weighted by molar-refractivity contribution is -0.144. The number of carbonyl (C=O) groups is 1. The minimum atomic E-state index is -0.158. The monoisotopic (exact) mass is 221 g/mol. The highest BCUT2D eigenvalue weighted by Gasteiger charge is 2.04. The molecule has 0 aliphatic heterocycles. The average Bonchev–Trinajstić information content (AvgIpc) is 2.25. The van der Waals surface area contributed by atoms with Gasteiger partial charge >= 0.3 is 5.97 Å². The topological polar surface area (TPSA) is 38.3 Å². The van der Waals surface area contributed by atoms with Gasteiger partial charge in [-0.3, -0.25) is 4.79 Å². The Labute approximate surface area is 96.8 Å². The van der Waals surface area contributed by atoms with Crippen molar-refractivity contribution in [3.8, 4) is 0 Å². The molecule has 0 aromatic heterocycles. The van der Waals surface area contributed by atoms with Gasteiger partial charge in [0.1, 0.15) is 6.61 Å². The van der Waals surface area contributed by atoms with Gasteiger partial charge in [0, 0.05) is 6.54 Å². The molecule has 16 heavy (non-hydrogen) atoms. The van der Waals surface area contributed by atoms with Crippen LogP contribution < -0.4 is 5.32 Å². The van der Waals surface area contributed by atoms with Crippen molar-refractivity contribution in [1.82, 2.24) is 5.32 Å². The molecule has 0 aliphatic carbocycles. The van der Waals surface area contributed by atoms with Crippen LogP contribution in [0.15, 0.2) is 18.2 Å². The minimum absolute atomic E-state index is 0.158. The Morgan fingerprint density at radius 3 is 2.75 bits per heavy atom. The molecule has 0 heterocycles. The van der Waals surface area contributed by atoms with Crippen LogP contribution in [0.2, 0.25) is 0 Å². The third kappa shape index (κ3) is 4.03. The van der Waals surface area contributed by atoms with Crippen LogP contribution in [0, 0.1) is 13.8 Å². The van der Waals surface area contributed by atoms with Crippen molar-refractivity contribution in [2.24, 2.45) is 0 Å². The van der Waals surface area contributed by atoms with E-state index in [1.807, 2.05) is 26.1 Å². The van der Waals surface area contributed by atoms with Gasteiger partial charge in [-0.1, -0.05) is 23.8 Å². The first-order chi connectivity index (χ1) is 7.63. The number of esters is 1. The fourth-order valence-corrected chi connectivity index (χ4v) is 1.47. The van der Waals surface area contributed by atoms with Gasteiger partial charge in [-0.2, -0.15) is 0 Å². The predicted octanol–water partition coefficient (Wildman–Crippen LogP) is 1.96. The summed E-state index contributed by atoms with van der Waals surface area (Å²) in [5.41, 5.74) is 3.47. The second-order valence-electron chi connectivity index (χ2n) is 3.94. The van der Waals surface area contributed by atoms with Crippen molar-refractivity contribution in [3.63, 3.8) is 0 Å². The van der Waals surface area contributed by atoms with E-state index in [0.29, 0.717) is 19.6 Å². The third-order valence-electron chi connectivity index (χ3n) is 2.47. The van der Waals surface area contributed by atoms with Crippen molar-refractivity contribution in [2.75, 3.05) is 13.6 Å². The fraction of sp³-hybridized carbons (Fsp3) is 0.462. The van der Waals surface area contributed by atoms with E-state index in [1.54, 1.807) is 0 Å². The van der Waals surface area contributed by atoms with Crippen LogP contribution in [-0.4, -0.2) is 19.6 Å². The van der Waals surface area contributed by atoms with Crippen LogP contribution in [0.3, 0.4) is 0 Å². The van der Waals surface area contributed by atoms with E-state index in [4.69, 9.17) is 4.74 Å². The summed E-state index contributed by atoms with van der Waals surface area (Å²) in [6.07, 6.45) is 0.418. The number of nitrogens with one attached hydrogen (secondary N) is 1. The first kappa shape index (κ1) is 12.7. The molecule has 0 saturated carbocycles. The van der Waals surface area contributed by atoms with E-state index in [0.717, 1.165) is 5.56 Å². The summed E-state index contributed by atoms with van der Waals surface area (Å²) in [6.45, 7) is 5.11. The first-order valence-electron chi connectivity index (χ1n) is 5.50. The van der Waals surface area contributed by atoms with Crippen molar-refractivity contribution in [1.29, 1.82) is 0 Å². The lowest BCUT2D eigenvalue weighted by Gasteiger charge is -2.08. The van der Waals surface area contributed by atoms with Crippen molar-refractivity contribution in [3.05, 3.63) is 34.9 Å². The quantitative estimate of drug-likeness (QED) is 0.772. The molecule has 0 saturated heterocycles. The molecule has 3 nitrogen and oxygen atoms in total. The molecule has 88 valence electrons. The molecule has 0 bridgehead atoms. The number of ether oxygens (including phenoxy) is 1. The average molecular weight is 221 g/mol. The number of benzene rings is 1. The number of carbonyl (C=O) groups excluding carboxylic acids is 1. The highest BCUT2D eigenvalue weighted by Crippen LogP contribution is 2.11. The molecule has 0 aliphatic rings.